The highest BCUT2D eigenvalue weighted by atomic mass is 32.2. The van der Waals surface area contributed by atoms with Crippen LogP contribution in [0.3, 0.4) is 0 Å². The van der Waals surface area contributed by atoms with Crippen molar-refractivity contribution in [1.82, 2.24) is 10.1 Å². The Balaban J connectivity index is 1.41. The fraction of sp³-hybridized carbons (Fsp3) is 0.259. The second kappa shape index (κ2) is 11.1. The average molecular weight is 536 g/mol. The number of methoxy groups -OCH3 is 1. The first kappa shape index (κ1) is 25.6. The molecule has 0 bridgehead atoms. The molecule has 10 nitrogen and oxygen atoms in total. The van der Waals surface area contributed by atoms with Gasteiger partial charge in [0.15, 0.2) is 11.9 Å². The Labute approximate surface area is 222 Å². The summed E-state index contributed by atoms with van der Waals surface area (Å²) in [5.74, 6) is -0.678. The molecule has 1 unspecified atom stereocenters. The maximum Gasteiger partial charge on any atom is 0.356 e. The molecule has 0 aliphatic carbocycles. The molecule has 2 N–H and O–H groups in total. The van der Waals surface area contributed by atoms with Crippen molar-refractivity contribution in [3.8, 4) is 5.88 Å². The minimum Gasteiger partial charge on any atom is -0.471 e. The second-order valence-corrected chi connectivity index (χ2v) is 9.77. The van der Waals surface area contributed by atoms with E-state index < -0.39 is 24.1 Å². The van der Waals surface area contributed by atoms with Crippen molar-refractivity contribution in [2.45, 2.75) is 23.9 Å². The van der Waals surface area contributed by atoms with Gasteiger partial charge in [-0.1, -0.05) is 60.7 Å². The van der Waals surface area contributed by atoms with Crippen LogP contribution in [-0.2, 0) is 30.3 Å². The highest BCUT2D eigenvalue weighted by Gasteiger charge is 2.52. The number of benzene rings is 2. The number of β-lactam (4-membered cyclic amide) rings is 1. The van der Waals surface area contributed by atoms with Crippen LogP contribution in [0.4, 0.5) is 0 Å². The van der Waals surface area contributed by atoms with Crippen LogP contribution < -0.4 is 10.5 Å². The summed E-state index contributed by atoms with van der Waals surface area (Å²) in [6.07, 6.45) is -0.778. The first-order valence-electron chi connectivity index (χ1n) is 11.8. The van der Waals surface area contributed by atoms with E-state index >= 15 is 0 Å². The molecule has 1 saturated heterocycles. The van der Waals surface area contributed by atoms with E-state index in [1.807, 2.05) is 60.7 Å². The van der Waals surface area contributed by atoms with E-state index in [2.05, 4.69) is 9.89 Å². The molecule has 2 aromatic carbocycles. The van der Waals surface area contributed by atoms with Crippen molar-refractivity contribution in [3.05, 3.63) is 94.9 Å². The summed E-state index contributed by atoms with van der Waals surface area (Å²) in [5, 5.41) is 3.45. The van der Waals surface area contributed by atoms with Crippen molar-refractivity contribution in [3.63, 3.8) is 0 Å². The smallest absolute Gasteiger partial charge is 0.356 e. The minimum atomic E-state index is -0.694. The van der Waals surface area contributed by atoms with Gasteiger partial charge in [0.25, 0.3) is 5.88 Å². The molecular formula is C27H25N3O7S. The SMILES string of the molecule is COC(=O)Cc1cc(OCC2=C(C(=O)OC(c3ccccc3)c3ccccc3)N3C(=O)C(N)[C@H]3SC2)no1. The molecule has 2 aliphatic heterocycles. The van der Waals surface area contributed by atoms with Gasteiger partial charge in [0.1, 0.15) is 30.1 Å². The maximum atomic E-state index is 13.7. The third kappa shape index (κ3) is 5.15. The third-order valence-corrected chi connectivity index (χ3v) is 7.55. The van der Waals surface area contributed by atoms with E-state index in [1.54, 1.807) is 0 Å². The number of nitrogens with two attached hydrogens (primary N) is 1. The Bertz CT molecular complexity index is 1320. The monoisotopic (exact) mass is 535 g/mol. The zero-order valence-corrected chi connectivity index (χ0v) is 21.3. The number of ether oxygens (including phenoxy) is 3. The van der Waals surface area contributed by atoms with Gasteiger partial charge < -0.3 is 24.5 Å². The normalized spacial score (nSPS) is 18.6. The summed E-state index contributed by atoms with van der Waals surface area (Å²) in [6, 6.07) is 19.5. The van der Waals surface area contributed by atoms with Gasteiger partial charge in [-0.15, -0.1) is 11.8 Å². The molecule has 196 valence electrons. The van der Waals surface area contributed by atoms with Gasteiger partial charge in [0, 0.05) is 17.4 Å². The fourth-order valence-electron chi connectivity index (χ4n) is 4.25. The van der Waals surface area contributed by atoms with Crippen LogP contribution in [0.2, 0.25) is 0 Å². The lowest BCUT2D eigenvalue weighted by atomic mass is 10.0. The molecule has 2 atom stereocenters. The molecule has 0 radical (unpaired) electrons. The predicted octanol–water partition coefficient (Wildman–Crippen LogP) is 2.60. The Morgan fingerprint density at radius 1 is 1.13 bits per heavy atom. The van der Waals surface area contributed by atoms with Crippen LogP contribution in [0, 0.1) is 0 Å². The van der Waals surface area contributed by atoms with Gasteiger partial charge in [-0.05, 0) is 16.3 Å². The topological polar surface area (TPSA) is 134 Å². The van der Waals surface area contributed by atoms with Gasteiger partial charge >= 0.3 is 11.9 Å². The molecule has 3 heterocycles. The zero-order chi connectivity index (χ0) is 26.6. The Kier molecular flexibility index (Phi) is 7.47. The van der Waals surface area contributed by atoms with Gasteiger partial charge in [-0.25, -0.2) is 4.79 Å². The van der Waals surface area contributed by atoms with E-state index in [9.17, 15) is 14.4 Å². The van der Waals surface area contributed by atoms with E-state index in [0.717, 1.165) is 11.1 Å². The van der Waals surface area contributed by atoms with Crippen molar-refractivity contribution in [2.24, 2.45) is 5.73 Å². The third-order valence-electron chi connectivity index (χ3n) is 6.19. The lowest BCUT2D eigenvalue weighted by Gasteiger charge is -2.48. The first-order valence-corrected chi connectivity index (χ1v) is 12.9. The molecule has 3 aromatic rings. The van der Waals surface area contributed by atoms with Gasteiger partial charge in [-0.2, -0.15) is 0 Å². The molecule has 0 spiro atoms. The fourth-order valence-corrected chi connectivity index (χ4v) is 5.52. The molecule has 1 aromatic heterocycles. The first-order chi connectivity index (χ1) is 18.5. The number of nitrogens with zero attached hydrogens (tertiary/aromatic N) is 2. The van der Waals surface area contributed by atoms with Crippen molar-refractivity contribution in [2.75, 3.05) is 19.5 Å². The van der Waals surface area contributed by atoms with Gasteiger partial charge in [0.2, 0.25) is 5.91 Å². The molecule has 38 heavy (non-hydrogen) atoms. The van der Waals surface area contributed by atoms with Crippen LogP contribution in [0.5, 0.6) is 5.88 Å². The van der Waals surface area contributed by atoms with Crippen LogP contribution in [0.15, 0.2) is 82.5 Å². The van der Waals surface area contributed by atoms with Crippen molar-refractivity contribution < 1.29 is 33.1 Å². The Hall–Kier alpha value is -4.09. The summed E-state index contributed by atoms with van der Waals surface area (Å²) >= 11 is 1.45. The van der Waals surface area contributed by atoms with Gasteiger partial charge in [0.05, 0.1) is 7.11 Å². The number of carbonyl (C=O) groups excluding carboxylic acids is 3. The highest BCUT2D eigenvalue weighted by Crippen LogP contribution is 2.41. The maximum absolute atomic E-state index is 13.7. The number of amides is 1. The quantitative estimate of drug-likeness (QED) is 0.322. The summed E-state index contributed by atoms with van der Waals surface area (Å²) in [7, 11) is 1.28. The summed E-state index contributed by atoms with van der Waals surface area (Å²) < 4.78 is 21.6. The molecule has 5 rings (SSSR count). The van der Waals surface area contributed by atoms with Crippen molar-refractivity contribution >= 4 is 29.6 Å². The molecule has 11 heteroatoms. The van der Waals surface area contributed by atoms with Crippen LogP contribution in [-0.4, -0.2) is 58.8 Å². The zero-order valence-electron chi connectivity index (χ0n) is 20.4. The average Bonchev–Trinajstić information content (AvgIpc) is 3.41. The van der Waals surface area contributed by atoms with E-state index in [-0.39, 0.29) is 41.6 Å². The second-order valence-electron chi connectivity index (χ2n) is 8.67. The summed E-state index contributed by atoms with van der Waals surface area (Å²) in [5.41, 5.74) is 8.26. The van der Waals surface area contributed by atoms with Crippen molar-refractivity contribution in [1.29, 1.82) is 0 Å². The number of rotatable bonds is 9. The number of hydrogen-bond donors (Lipinski definition) is 1. The van der Waals surface area contributed by atoms with E-state index in [4.69, 9.17) is 19.7 Å². The molecular weight excluding hydrogens is 510 g/mol. The van der Waals surface area contributed by atoms with Crippen LogP contribution >= 0.6 is 11.8 Å². The minimum absolute atomic E-state index is 0.0469. The van der Waals surface area contributed by atoms with Crippen LogP contribution in [0.25, 0.3) is 0 Å². The van der Waals surface area contributed by atoms with Gasteiger partial charge in [-0.3, -0.25) is 14.5 Å². The van der Waals surface area contributed by atoms with Crippen LogP contribution in [0.1, 0.15) is 23.0 Å². The number of hydrogen-bond acceptors (Lipinski definition) is 10. The molecule has 0 saturated carbocycles. The molecule has 2 aliphatic rings. The lowest BCUT2D eigenvalue weighted by Crippen LogP contribution is -2.68. The summed E-state index contributed by atoms with van der Waals surface area (Å²) in [6.45, 7) is -0.0469. The largest absolute Gasteiger partial charge is 0.471 e. The van der Waals surface area contributed by atoms with E-state index in [1.165, 1.54) is 29.8 Å². The molecule has 1 fully saturated rings. The molecule has 1 amide bonds. The highest BCUT2D eigenvalue weighted by molar-refractivity contribution is 8.00. The van der Waals surface area contributed by atoms with E-state index in [0.29, 0.717) is 11.3 Å². The summed E-state index contributed by atoms with van der Waals surface area (Å²) in [4.78, 5) is 39.3. The number of aromatic nitrogens is 1. The number of esters is 2. The predicted molar refractivity (Wildman–Crippen MR) is 137 cm³/mol. The number of fused-ring (bicyclic) bond motifs is 1. The lowest BCUT2D eigenvalue weighted by molar-refractivity contribution is -0.153. The number of carbonyl (C=O) groups is 3. The Morgan fingerprint density at radius 3 is 2.42 bits per heavy atom. The Morgan fingerprint density at radius 2 is 1.79 bits per heavy atom. The standard InChI is InChI=1S/C27H25N3O7S/c1-34-21(31)13-19-12-20(29-37-19)35-14-18-15-38-26-22(28)25(32)30(26)23(18)27(33)36-24(16-8-4-2-5-9-16)17-10-6-3-7-11-17/h2-12,22,24,26H,13-15,28H2,1H3/t22?,26-/m1/s1. The number of thioether (sulfide) groups is 1.